The first-order valence-corrected chi connectivity index (χ1v) is 9.69. The van der Waals surface area contributed by atoms with Crippen LogP contribution in [0, 0.1) is 5.92 Å². The van der Waals surface area contributed by atoms with Crippen LogP contribution in [-0.4, -0.2) is 81.8 Å². The molecule has 128 valence electrons. The van der Waals surface area contributed by atoms with Gasteiger partial charge < -0.3 is 10.1 Å². The van der Waals surface area contributed by atoms with Crippen molar-refractivity contribution in [2.24, 2.45) is 5.92 Å². The lowest BCUT2D eigenvalue weighted by atomic mass is 9.99. The molecular weight excluding hydrogens is 306 g/mol. The van der Waals surface area contributed by atoms with E-state index in [1.54, 1.807) is 6.92 Å². The summed E-state index contributed by atoms with van der Waals surface area (Å²) in [5, 5.41) is 2.95. The summed E-state index contributed by atoms with van der Waals surface area (Å²) in [5.41, 5.74) is 0. The van der Waals surface area contributed by atoms with E-state index in [-0.39, 0.29) is 17.6 Å². The van der Waals surface area contributed by atoms with Gasteiger partial charge in [0.15, 0.2) is 0 Å². The maximum absolute atomic E-state index is 12.2. The number of hydrogen-bond acceptors (Lipinski definition) is 5. The van der Waals surface area contributed by atoms with E-state index < -0.39 is 10.0 Å². The van der Waals surface area contributed by atoms with Gasteiger partial charge in [0, 0.05) is 39.3 Å². The van der Waals surface area contributed by atoms with Gasteiger partial charge in [0.05, 0.1) is 24.9 Å². The lowest BCUT2D eigenvalue weighted by molar-refractivity contribution is -0.126. The smallest absolute Gasteiger partial charge is 0.224 e. The van der Waals surface area contributed by atoms with Gasteiger partial charge in [0.2, 0.25) is 15.9 Å². The molecule has 0 aromatic heterocycles. The van der Waals surface area contributed by atoms with Crippen molar-refractivity contribution < 1.29 is 17.9 Å². The van der Waals surface area contributed by atoms with Crippen molar-refractivity contribution in [2.75, 3.05) is 58.2 Å². The van der Waals surface area contributed by atoms with E-state index in [2.05, 4.69) is 10.2 Å². The first-order chi connectivity index (χ1) is 10.5. The molecule has 0 spiro atoms. The standard InChI is InChI=1S/C14H27N3O4S/c1-2-22(19,20)17-6-3-4-13(12-17)14(18)15-5-7-16-8-10-21-11-9-16/h13H,2-12H2,1H3,(H,15,18). The predicted molar refractivity (Wildman–Crippen MR) is 84.0 cm³/mol. The fourth-order valence-corrected chi connectivity index (χ4v) is 4.08. The Morgan fingerprint density at radius 2 is 2.00 bits per heavy atom. The topological polar surface area (TPSA) is 79.0 Å². The summed E-state index contributed by atoms with van der Waals surface area (Å²) < 4.78 is 30.6. The van der Waals surface area contributed by atoms with E-state index >= 15 is 0 Å². The van der Waals surface area contributed by atoms with Crippen molar-refractivity contribution in [1.29, 1.82) is 0 Å². The second-order valence-corrected chi connectivity index (χ2v) is 8.10. The van der Waals surface area contributed by atoms with Crippen LogP contribution >= 0.6 is 0 Å². The molecule has 22 heavy (non-hydrogen) atoms. The number of sulfonamides is 1. The number of nitrogens with zero attached hydrogens (tertiary/aromatic N) is 2. The Morgan fingerprint density at radius 3 is 2.68 bits per heavy atom. The van der Waals surface area contributed by atoms with Crippen molar-refractivity contribution in [3.63, 3.8) is 0 Å². The maximum atomic E-state index is 12.2. The Balaban J connectivity index is 1.74. The zero-order valence-corrected chi connectivity index (χ0v) is 14.1. The van der Waals surface area contributed by atoms with Crippen molar-refractivity contribution in [1.82, 2.24) is 14.5 Å². The Kier molecular flexibility index (Phi) is 6.61. The summed E-state index contributed by atoms with van der Waals surface area (Å²) in [6, 6.07) is 0. The third-order valence-electron chi connectivity index (χ3n) is 4.34. The molecule has 1 N–H and O–H groups in total. The van der Waals surface area contributed by atoms with Gasteiger partial charge in [-0.05, 0) is 19.8 Å². The zero-order chi connectivity index (χ0) is 16.0. The lowest BCUT2D eigenvalue weighted by Crippen LogP contribution is -2.47. The Labute approximate surface area is 133 Å². The third-order valence-corrected chi connectivity index (χ3v) is 6.19. The van der Waals surface area contributed by atoms with Crippen molar-refractivity contribution >= 4 is 15.9 Å². The maximum Gasteiger partial charge on any atom is 0.224 e. The van der Waals surface area contributed by atoms with Crippen LogP contribution in [0.25, 0.3) is 0 Å². The molecule has 7 nitrogen and oxygen atoms in total. The lowest BCUT2D eigenvalue weighted by Gasteiger charge is -2.31. The molecule has 2 heterocycles. The number of amides is 1. The number of nitrogens with one attached hydrogen (secondary N) is 1. The number of carbonyl (C=O) groups excluding carboxylic acids is 1. The van der Waals surface area contributed by atoms with Gasteiger partial charge in [-0.25, -0.2) is 12.7 Å². The molecule has 1 atom stereocenters. The Morgan fingerprint density at radius 1 is 1.27 bits per heavy atom. The molecule has 0 radical (unpaired) electrons. The highest BCUT2D eigenvalue weighted by atomic mass is 32.2. The molecule has 0 bridgehead atoms. The van der Waals surface area contributed by atoms with Crippen molar-refractivity contribution in [2.45, 2.75) is 19.8 Å². The van der Waals surface area contributed by atoms with Gasteiger partial charge in [-0.1, -0.05) is 0 Å². The van der Waals surface area contributed by atoms with Gasteiger partial charge in [0.1, 0.15) is 0 Å². The average Bonchev–Trinajstić information content (AvgIpc) is 2.56. The van der Waals surface area contributed by atoms with Crippen LogP contribution in [0.15, 0.2) is 0 Å². The van der Waals surface area contributed by atoms with Crippen LogP contribution in [0.4, 0.5) is 0 Å². The van der Waals surface area contributed by atoms with Crippen LogP contribution in [0.5, 0.6) is 0 Å². The molecular formula is C14H27N3O4S. The highest BCUT2D eigenvalue weighted by molar-refractivity contribution is 7.89. The van der Waals surface area contributed by atoms with E-state index in [1.165, 1.54) is 4.31 Å². The molecule has 1 unspecified atom stereocenters. The molecule has 0 aromatic carbocycles. The molecule has 2 aliphatic heterocycles. The molecule has 2 aliphatic rings. The monoisotopic (exact) mass is 333 g/mol. The molecule has 0 aliphatic carbocycles. The van der Waals surface area contributed by atoms with E-state index in [9.17, 15) is 13.2 Å². The number of morpholine rings is 1. The van der Waals surface area contributed by atoms with E-state index in [0.717, 1.165) is 45.7 Å². The molecule has 1 amide bonds. The summed E-state index contributed by atoms with van der Waals surface area (Å²) in [4.78, 5) is 14.5. The Bertz CT molecular complexity index is 463. The van der Waals surface area contributed by atoms with Gasteiger partial charge >= 0.3 is 0 Å². The first-order valence-electron chi connectivity index (χ1n) is 8.08. The highest BCUT2D eigenvalue weighted by Crippen LogP contribution is 2.19. The fraction of sp³-hybridized carbons (Fsp3) is 0.929. The van der Waals surface area contributed by atoms with Crippen LogP contribution in [0.3, 0.4) is 0 Å². The number of ether oxygens (including phenoxy) is 1. The molecule has 8 heteroatoms. The van der Waals surface area contributed by atoms with Crippen LogP contribution < -0.4 is 5.32 Å². The molecule has 2 rings (SSSR count). The van der Waals surface area contributed by atoms with Gasteiger partial charge in [0.25, 0.3) is 0 Å². The Hall–Kier alpha value is -0.700. The number of hydrogen-bond donors (Lipinski definition) is 1. The van der Waals surface area contributed by atoms with E-state index in [1.807, 2.05) is 0 Å². The van der Waals surface area contributed by atoms with Crippen LogP contribution in [-0.2, 0) is 19.6 Å². The van der Waals surface area contributed by atoms with Gasteiger partial charge in [-0.2, -0.15) is 0 Å². The van der Waals surface area contributed by atoms with Crippen molar-refractivity contribution in [3.05, 3.63) is 0 Å². The van der Waals surface area contributed by atoms with Crippen molar-refractivity contribution in [3.8, 4) is 0 Å². The molecule has 2 saturated heterocycles. The minimum Gasteiger partial charge on any atom is -0.379 e. The summed E-state index contributed by atoms with van der Waals surface area (Å²) in [7, 11) is -3.19. The minimum absolute atomic E-state index is 0.0238. The van der Waals surface area contributed by atoms with E-state index in [0.29, 0.717) is 19.6 Å². The fourth-order valence-electron chi connectivity index (χ4n) is 2.90. The van der Waals surface area contributed by atoms with Crippen LogP contribution in [0.1, 0.15) is 19.8 Å². The summed E-state index contributed by atoms with van der Waals surface area (Å²) in [5.74, 6) is -0.151. The number of piperidine rings is 1. The SMILES string of the molecule is CCS(=O)(=O)N1CCCC(C(=O)NCCN2CCOCC2)C1. The van der Waals surface area contributed by atoms with Gasteiger partial charge in [-0.15, -0.1) is 0 Å². The zero-order valence-electron chi connectivity index (χ0n) is 13.3. The highest BCUT2D eigenvalue weighted by Gasteiger charge is 2.31. The minimum atomic E-state index is -3.19. The van der Waals surface area contributed by atoms with E-state index in [4.69, 9.17) is 4.74 Å². The quantitative estimate of drug-likeness (QED) is 0.709. The number of rotatable bonds is 6. The van der Waals surface area contributed by atoms with Crippen LogP contribution in [0.2, 0.25) is 0 Å². The third kappa shape index (κ3) is 4.91. The molecule has 0 aromatic rings. The molecule has 0 saturated carbocycles. The summed E-state index contributed by atoms with van der Waals surface area (Å²) in [6.07, 6.45) is 1.51. The normalized spacial score (nSPS) is 25.0. The molecule has 2 fully saturated rings. The average molecular weight is 333 g/mol. The van der Waals surface area contributed by atoms with Gasteiger partial charge in [-0.3, -0.25) is 9.69 Å². The second kappa shape index (κ2) is 8.24. The second-order valence-electron chi connectivity index (χ2n) is 5.84. The predicted octanol–water partition coefficient (Wildman–Crippen LogP) is -0.503. The summed E-state index contributed by atoms with van der Waals surface area (Å²) >= 11 is 0. The largest absolute Gasteiger partial charge is 0.379 e. The first kappa shape index (κ1) is 17.7. The summed E-state index contributed by atoms with van der Waals surface area (Å²) in [6.45, 7) is 7.23. The number of carbonyl (C=O) groups is 1.